The van der Waals surface area contributed by atoms with E-state index in [0.29, 0.717) is 17.4 Å². The zero-order valence-electron chi connectivity index (χ0n) is 10.3. The first-order valence-electron chi connectivity index (χ1n) is 5.57. The number of nitrogens with zero attached hydrogens (tertiary/aromatic N) is 1. The van der Waals surface area contributed by atoms with Gasteiger partial charge in [-0.3, -0.25) is 4.21 Å². The summed E-state index contributed by atoms with van der Waals surface area (Å²) >= 11 is 3.40. The van der Waals surface area contributed by atoms with Crippen molar-refractivity contribution < 1.29 is 8.63 Å². The Balaban J connectivity index is 2.01. The Morgan fingerprint density at radius 3 is 2.72 bits per heavy atom. The van der Waals surface area contributed by atoms with Crippen LogP contribution in [0.25, 0.3) is 0 Å². The van der Waals surface area contributed by atoms with Crippen molar-refractivity contribution >= 4 is 26.7 Å². The lowest BCUT2D eigenvalue weighted by atomic mass is 10.2. The summed E-state index contributed by atoms with van der Waals surface area (Å²) in [5, 5.41) is 0. The lowest BCUT2D eigenvalue weighted by Crippen LogP contribution is -1.99. The van der Waals surface area contributed by atoms with Gasteiger partial charge < -0.3 is 4.42 Å². The first-order valence-corrected chi connectivity index (χ1v) is 7.85. The molecular formula is C13H14BrNO2S. The van der Waals surface area contributed by atoms with Crippen molar-refractivity contribution in [1.29, 1.82) is 0 Å². The summed E-state index contributed by atoms with van der Waals surface area (Å²) in [7, 11) is -1.00. The van der Waals surface area contributed by atoms with Gasteiger partial charge in [0.05, 0.1) is 5.69 Å². The molecule has 96 valence electrons. The average Bonchev–Trinajstić information content (AvgIpc) is 2.57. The van der Waals surface area contributed by atoms with E-state index >= 15 is 0 Å². The number of hydrogen-bond acceptors (Lipinski definition) is 3. The van der Waals surface area contributed by atoms with Gasteiger partial charge in [0.2, 0.25) is 5.89 Å². The number of rotatable bonds is 4. The molecule has 18 heavy (non-hydrogen) atoms. The molecule has 2 rings (SSSR count). The van der Waals surface area contributed by atoms with Gasteiger partial charge in [-0.25, -0.2) is 4.98 Å². The molecule has 1 aromatic carbocycles. The van der Waals surface area contributed by atoms with Crippen LogP contribution in [0.1, 0.15) is 22.9 Å². The Morgan fingerprint density at radius 2 is 2.11 bits per heavy atom. The van der Waals surface area contributed by atoms with Crippen LogP contribution in [0.5, 0.6) is 0 Å². The van der Waals surface area contributed by atoms with Crippen molar-refractivity contribution in [2.45, 2.75) is 25.4 Å². The SMILES string of the molecule is Cc1nc(C[S@](=O)Cc2cccc(Br)c2)oc1C. The molecule has 0 spiro atoms. The van der Waals surface area contributed by atoms with Gasteiger partial charge in [0.15, 0.2) is 0 Å². The monoisotopic (exact) mass is 327 g/mol. The third-order valence-electron chi connectivity index (χ3n) is 2.57. The third kappa shape index (κ3) is 3.53. The Hall–Kier alpha value is -0.940. The number of benzene rings is 1. The Morgan fingerprint density at radius 1 is 1.33 bits per heavy atom. The van der Waals surface area contributed by atoms with Crippen LogP contribution < -0.4 is 0 Å². The fourth-order valence-corrected chi connectivity index (χ4v) is 3.10. The van der Waals surface area contributed by atoms with E-state index in [9.17, 15) is 4.21 Å². The van der Waals surface area contributed by atoms with Gasteiger partial charge in [0.25, 0.3) is 0 Å². The van der Waals surface area contributed by atoms with Gasteiger partial charge in [-0.15, -0.1) is 0 Å². The molecule has 0 radical (unpaired) electrons. The van der Waals surface area contributed by atoms with Crippen molar-refractivity contribution in [3.63, 3.8) is 0 Å². The number of halogens is 1. The maximum absolute atomic E-state index is 12.0. The zero-order valence-corrected chi connectivity index (χ0v) is 12.7. The summed E-state index contributed by atoms with van der Waals surface area (Å²) in [6, 6.07) is 7.84. The molecule has 0 aliphatic heterocycles. The average molecular weight is 328 g/mol. The quantitative estimate of drug-likeness (QED) is 0.863. The highest BCUT2D eigenvalue weighted by Gasteiger charge is 2.10. The summed E-state index contributed by atoms with van der Waals surface area (Å²) in [4.78, 5) is 4.24. The highest BCUT2D eigenvalue weighted by atomic mass is 79.9. The molecule has 5 heteroatoms. The van der Waals surface area contributed by atoms with Crippen molar-refractivity contribution in [1.82, 2.24) is 4.98 Å². The molecule has 3 nitrogen and oxygen atoms in total. The van der Waals surface area contributed by atoms with Gasteiger partial charge >= 0.3 is 0 Å². The molecule has 0 N–H and O–H groups in total. The highest BCUT2D eigenvalue weighted by Crippen LogP contribution is 2.15. The maximum atomic E-state index is 12.0. The lowest BCUT2D eigenvalue weighted by Gasteiger charge is -2.01. The third-order valence-corrected chi connectivity index (χ3v) is 4.29. The largest absolute Gasteiger partial charge is 0.445 e. The van der Waals surface area contributed by atoms with Gasteiger partial charge in [-0.05, 0) is 31.5 Å². The van der Waals surface area contributed by atoms with Crippen LogP contribution in [-0.4, -0.2) is 9.19 Å². The lowest BCUT2D eigenvalue weighted by molar-refractivity contribution is 0.487. The van der Waals surface area contributed by atoms with Crippen LogP contribution in [0.3, 0.4) is 0 Å². The molecule has 0 bridgehead atoms. The minimum absolute atomic E-state index is 0.362. The molecule has 0 aliphatic carbocycles. The van der Waals surface area contributed by atoms with Crippen LogP contribution in [0.15, 0.2) is 33.2 Å². The van der Waals surface area contributed by atoms with E-state index in [0.717, 1.165) is 21.5 Å². The van der Waals surface area contributed by atoms with Crippen molar-refractivity contribution in [2.24, 2.45) is 0 Å². The molecule has 0 aliphatic rings. The van der Waals surface area contributed by atoms with Crippen LogP contribution >= 0.6 is 15.9 Å². The van der Waals surface area contributed by atoms with E-state index < -0.39 is 10.8 Å². The van der Waals surface area contributed by atoms with Crippen LogP contribution in [0, 0.1) is 13.8 Å². The topological polar surface area (TPSA) is 43.1 Å². The van der Waals surface area contributed by atoms with Gasteiger partial charge in [0, 0.05) is 21.0 Å². The Labute approximate surface area is 117 Å². The molecule has 0 saturated heterocycles. The fourth-order valence-electron chi connectivity index (χ4n) is 1.60. The van der Waals surface area contributed by atoms with Gasteiger partial charge in [-0.2, -0.15) is 0 Å². The summed E-state index contributed by atoms with van der Waals surface area (Å²) in [5.41, 5.74) is 1.91. The molecule has 1 atom stereocenters. The molecule has 1 aromatic heterocycles. The smallest absolute Gasteiger partial charge is 0.207 e. The minimum Gasteiger partial charge on any atom is -0.445 e. The Bertz CT molecular complexity index is 561. The fraction of sp³-hybridized carbons (Fsp3) is 0.308. The van der Waals surface area contributed by atoms with Gasteiger partial charge in [-0.1, -0.05) is 28.1 Å². The maximum Gasteiger partial charge on any atom is 0.207 e. The molecule has 1 heterocycles. The molecule has 0 unspecified atom stereocenters. The first-order chi connectivity index (χ1) is 8.54. The second-order valence-electron chi connectivity index (χ2n) is 4.11. The molecular weight excluding hydrogens is 314 g/mol. The van der Waals surface area contributed by atoms with Crippen LogP contribution in [0.2, 0.25) is 0 Å². The number of aromatic nitrogens is 1. The van der Waals surface area contributed by atoms with E-state index in [1.807, 2.05) is 38.1 Å². The Kier molecular flexibility index (Phi) is 4.35. The van der Waals surface area contributed by atoms with Crippen LogP contribution in [-0.2, 0) is 22.3 Å². The summed E-state index contributed by atoms with van der Waals surface area (Å²) in [6.45, 7) is 3.75. The van der Waals surface area contributed by atoms with Crippen molar-refractivity contribution in [3.8, 4) is 0 Å². The second kappa shape index (κ2) is 5.80. The minimum atomic E-state index is -1.00. The van der Waals surface area contributed by atoms with E-state index in [-0.39, 0.29) is 0 Å². The second-order valence-corrected chi connectivity index (χ2v) is 6.48. The predicted octanol–water partition coefficient (Wildman–Crippen LogP) is 3.50. The molecule has 0 fully saturated rings. The summed E-state index contributed by atoms with van der Waals surface area (Å²) < 4.78 is 18.4. The van der Waals surface area contributed by atoms with Crippen LogP contribution in [0.4, 0.5) is 0 Å². The van der Waals surface area contributed by atoms with E-state index in [4.69, 9.17) is 4.42 Å². The van der Waals surface area contributed by atoms with E-state index in [2.05, 4.69) is 20.9 Å². The molecule has 0 amide bonds. The number of hydrogen-bond donors (Lipinski definition) is 0. The predicted molar refractivity (Wildman–Crippen MR) is 75.7 cm³/mol. The van der Waals surface area contributed by atoms with Crippen molar-refractivity contribution in [2.75, 3.05) is 0 Å². The summed E-state index contributed by atoms with van der Waals surface area (Å²) in [6.07, 6.45) is 0. The number of aryl methyl sites for hydroxylation is 2. The van der Waals surface area contributed by atoms with E-state index in [1.165, 1.54) is 0 Å². The standard InChI is InChI=1S/C13H14BrNO2S/c1-9-10(2)17-13(15-9)8-18(16)7-11-4-3-5-12(14)6-11/h3-6H,7-8H2,1-2H3/t18-/m1/s1. The highest BCUT2D eigenvalue weighted by molar-refractivity contribution is 9.10. The van der Waals surface area contributed by atoms with Gasteiger partial charge in [0.1, 0.15) is 11.5 Å². The number of oxazole rings is 1. The molecule has 0 saturated carbocycles. The van der Waals surface area contributed by atoms with E-state index in [1.54, 1.807) is 0 Å². The summed E-state index contributed by atoms with van der Waals surface area (Å²) in [5.74, 6) is 2.23. The van der Waals surface area contributed by atoms with Crippen molar-refractivity contribution in [3.05, 3.63) is 51.6 Å². The molecule has 2 aromatic rings. The zero-order chi connectivity index (χ0) is 13.1. The first kappa shape index (κ1) is 13.5. The normalized spacial score (nSPS) is 12.6.